The van der Waals surface area contributed by atoms with Crippen molar-refractivity contribution in [2.75, 3.05) is 18.6 Å². The lowest BCUT2D eigenvalue weighted by Gasteiger charge is -2.41. The van der Waals surface area contributed by atoms with E-state index < -0.39 is 6.03 Å². The van der Waals surface area contributed by atoms with Crippen LogP contribution >= 0.6 is 15.9 Å². The molecule has 8 heteroatoms. The van der Waals surface area contributed by atoms with Gasteiger partial charge in [0.15, 0.2) is 5.76 Å². The van der Waals surface area contributed by atoms with Gasteiger partial charge in [0.05, 0.1) is 35.3 Å². The zero-order valence-electron chi connectivity index (χ0n) is 16.5. The normalized spacial score (nSPS) is 19.7. The van der Waals surface area contributed by atoms with Gasteiger partial charge in [-0.1, -0.05) is 24.3 Å². The van der Waals surface area contributed by atoms with Gasteiger partial charge in [-0.2, -0.15) is 4.99 Å². The van der Waals surface area contributed by atoms with Gasteiger partial charge in [-0.25, -0.2) is 4.79 Å². The van der Waals surface area contributed by atoms with Gasteiger partial charge in [-0.05, 0) is 51.8 Å². The second kappa shape index (κ2) is 7.70. The predicted octanol–water partition coefficient (Wildman–Crippen LogP) is 4.58. The number of hydrogen-bond donors (Lipinski definition) is 1. The van der Waals surface area contributed by atoms with Crippen molar-refractivity contribution in [1.29, 1.82) is 0 Å². The fourth-order valence-corrected chi connectivity index (χ4v) is 4.76. The number of carbonyl (C=O) groups is 2. The molecule has 0 aliphatic carbocycles. The summed E-state index contributed by atoms with van der Waals surface area (Å²) >= 11 is 3.52. The highest BCUT2D eigenvalue weighted by Gasteiger charge is 2.42. The maximum absolute atomic E-state index is 13.2. The summed E-state index contributed by atoms with van der Waals surface area (Å²) in [5.41, 5.74) is 3.05. The largest absolute Gasteiger partial charge is 0.496 e. The minimum Gasteiger partial charge on any atom is -0.496 e. The van der Waals surface area contributed by atoms with Crippen molar-refractivity contribution in [3.05, 3.63) is 82.2 Å². The molecule has 2 aliphatic rings. The van der Waals surface area contributed by atoms with Crippen molar-refractivity contribution in [2.45, 2.75) is 6.04 Å². The number of furan rings is 1. The number of benzene rings is 2. The van der Waals surface area contributed by atoms with E-state index in [1.165, 1.54) is 6.26 Å². The van der Waals surface area contributed by atoms with Gasteiger partial charge < -0.3 is 19.4 Å². The molecule has 1 aromatic heterocycles. The number of halogens is 1. The molecule has 5 rings (SSSR count). The number of ether oxygens (including phenoxy) is 1. The van der Waals surface area contributed by atoms with E-state index in [0.29, 0.717) is 23.7 Å². The predicted molar refractivity (Wildman–Crippen MR) is 119 cm³/mol. The Morgan fingerprint density at radius 1 is 1.23 bits per heavy atom. The lowest BCUT2D eigenvalue weighted by atomic mass is 9.81. The molecule has 2 atom stereocenters. The van der Waals surface area contributed by atoms with Crippen molar-refractivity contribution < 1.29 is 18.7 Å². The number of amides is 3. The van der Waals surface area contributed by atoms with Crippen molar-refractivity contribution in [2.24, 2.45) is 10.9 Å². The van der Waals surface area contributed by atoms with Crippen molar-refractivity contribution >= 4 is 39.3 Å². The van der Waals surface area contributed by atoms with Gasteiger partial charge in [0.2, 0.25) is 0 Å². The van der Waals surface area contributed by atoms with Crippen LogP contribution in [0.15, 0.2) is 74.7 Å². The summed E-state index contributed by atoms with van der Waals surface area (Å²) in [5.74, 6) is 0.497. The van der Waals surface area contributed by atoms with E-state index in [2.05, 4.69) is 26.2 Å². The molecule has 0 saturated heterocycles. The van der Waals surface area contributed by atoms with Crippen LogP contribution in [0.4, 0.5) is 10.5 Å². The molecule has 0 fully saturated rings. The third kappa shape index (κ3) is 3.33. The summed E-state index contributed by atoms with van der Waals surface area (Å²) in [6, 6.07) is 15.8. The Labute approximate surface area is 186 Å². The van der Waals surface area contributed by atoms with Crippen LogP contribution in [0.1, 0.15) is 27.7 Å². The number of methoxy groups -OCH3 is 1. The molecule has 0 spiro atoms. The summed E-state index contributed by atoms with van der Waals surface area (Å²) in [6.07, 6.45) is 1.48. The van der Waals surface area contributed by atoms with E-state index in [1.807, 2.05) is 42.5 Å². The molecule has 2 aliphatic heterocycles. The maximum atomic E-state index is 13.2. The Morgan fingerprint density at radius 3 is 2.81 bits per heavy atom. The molecule has 3 amide bonds. The number of rotatable bonds is 3. The average molecular weight is 480 g/mol. The van der Waals surface area contributed by atoms with Crippen LogP contribution < -0.4 is 15.0 Å². The van der Waals surface area contributed by atoms with Crippen molar-refractivity contribution in [1.82, 2.24) is 5.32 Å². The summed E-state index contributed by atoms with van der Waals surface area (Å²) in [4.78, 5) is 31.7. The number of nitrogens with one attached hydrogen (secondary N) is 1. The third-order valence-electron chi connectivity index (χ3n) is 5.62. The van der Waals surface area contributed by atoms with Gasteiger partial charge >= 0.3 is 6.03 Å². The maximum Gasteiger partial charge on any atom is 0.341 e. The van der Waals surface area contributed by atoms with E-state index in [9.17, 15) is 9.59 Å². The zero-order chi connectivity index (χ0) is 21.5. The first-order chi connectivity index (χ1) is 15.1. The number of urea groups is 1. The molecule has 3 aromatic rings. The topological polar surface area (TPSA) is 84.1 Å². The second-order valence-electron chi connectivity index (χ2n) is 7.33. The molecule has 2 unspecified atom stereocenters. The highest BCUT2D eigenvalue weighted by atomic mass is 79.9. The first kappa shape index (κ1) is 19.6. The summed E-state index contributed by atoms with van der Waals surface area (Å²) in [7, 11) is 1.60. The van der Waals surface area contributed by atoms with Crippen molar-refractivity contribution in [3.63, 3.8) is 0 Å². The minimum atomic E-state index is -0.399. The number of aliphatic imine (C=N–C) groups is 1. The Hall–Kier alpha value is -3.39. The minimum absolute atomic E-state index is 0.230. The van der Waals surface area contributed by atoms with Crippen LogP contribution in [0.3, 0.4) is 0 Å². The van der Waals surface area contributed by atoms with Crippen LogP contribution in [0.5, 0.6) is 5.75 Å². The molecule has 156 valence electrons. The Bertz CT molecular complexity index is 1210. The molecule has 1 N–H and O–H groups in total. The molecule has 0 bridgehead atoms. The number of para-hydroxylation sites is 1. The van der Waals surface area contributed by atoms with Gasteiger partial charge in [0, 0.05) is 18.0 Å². The van der Waals surface area contributed by atoms with Crippen LogP contribution in [-0.2, 0) is 0 Å². The molecular formula is C23H18BrN3O4. The fraction of sp³-hybridized carbons (Fsp3) is 0.174. The number of hydrogen-bond acceptors (Lipinski definition) is 4. The number of anilines is 1. The van der Waals surface area contributed by atoms with Gasteiger partial charge in [0.1, 0.15) is 5.75 Å². The number of nitrogens with zero attached hydrogens (tertiary/aromatic N) is 2. The second-order valence-corrected chi connectivity index (χ2v) is 8.19. The SMILES string of the molecule is COc1ccc(C2NC(=O)N=C3c4ccccc4N(C(=O)c4ccco4)CC32)cc1Br. The number of fused-ring (bicyclic) bond motifs is 3. The fourth-order valence-electron chi connectivity index (χ4n) is 4.21. The van der Waals surface area contributed by atoms with E-state index in [4.69, 9.17) is 9.15 Å². The molecule has 7 nitrogen and oxygen atoms in total. The summed E-state index contributed by atoms with van der Waals surface area (Å²) in [5, 5.41) is 2.97. The molecule has 31 heavy (non-hydrogen) atoms. The molecule has 0 saturated carbocycles. The lowest BCUT2D eigenvalue weighted by molar-refractivity contribution is 0.0956. The lowest BCUT2D eigenvalue weighted by Crippen LogP contribution is -2.51. The van der Waals surface area contributed by atoms with Crippen molar-refractivity contribution in [3.8, 4) is 5.75 Å². The van der Waals surface area contributed by atoms with Crippen LogP contribution in [0.2, 0.25) is 0 Å². The average Bonchev–Trinajstić information content (AvgIpc) is 3.32. The van der Waals surface area contributed by atoms with Gasteiger partial charge in [-0.15, -0.1) is 0 Å². The molecule has 0 radical (unpaired) electrons. The molecule has 3 heterocycles. The highest BCUT2D eigenvalue weighted by Crippen LogP contribution is 2.40. The Kier molecular flexibility index (Phi) is 4.86. The standard InChI is InChI=1S/C23H18BrN3O4/c1-30-18-9-8-13(11-16(18)24)20-15-12-27(22(28)19-7-4-10-31-19)17-6-3-2-5-14(17)21(15)26-23(29)25-20/h2-11,15,20H,12H2,1H3,(H,25,29). The molecular weight excluding hydrogens is 462 g/mol. The van der Waals surface area contributed by atoms with Crippen LogP contribution in [0.25, 0.3) is 0 Å². The van der Waals surface area contributed by atoms with E-state index in [0.717, 1.165) is 15.6 Å². The Morgan fingerprint density at radius 2 is 2.06 bits per heavy atom. The van der Waals surface area contributed by atoms with Crippen LogP contribution in [-0.4, -0.2) is 31.3 Å². The first-order valence-corrected chi connectivity index (χ1v) is 10.5. The van der Waals surface area contributed by atoms with Gasteiger partial charge in [0.25, 0.3) is 5.91 Å². The summed E-state index contributed by atoms with van der Waals surface area (Å²) < 4.78 is 11.5. The van der Waals surface area contributed by atoms with E-state index in [1.54, 1.807) is 24.1 Å². The van der Waals surface area contributed by atoms with Gasteiger partial charge in [-0.3, -0.25) is 4.79 Å². The van der Waals surface area contributed by atoms with E-state index >= 15 is 0 Å². The zero-order valence-corrected chi connectivity index (χ0v) is 18.1. The van der Waals surface area contributed by atoms with E-state index in [-0.39, 0.29) is 23.6 Å². The quantitative estimate of drug-likeness (QED) is 0.595. The summed E-state index contributed by atoms with van der Waals surface area (Å²) in [6.45, 7) is 0.351. The number of carbonyl (C=O) groups excluding carboxylic acids is 2. The molecule has 2 aromatic carbocycles. The Balaban J connectivity index is 1.61. The monoisotopic (exact) mass is 479 g/mol. The first-order valence-electron chi connectivity index (χ1n) is 9.74. The highest BCUT2D eigenvalue weighted by molar-refractivity contribution is 9.10. The third-order valence-corrected chi connectivity index (χ3v) is 6.24. The van der Waals surface area contributed by atoms with Crippen LogP contribution in [0, 0.1) is 5.92 Å². The smallest absolute Gasteiger partial charge is 0.341 e.